The van der Waals surface area contributed by atoms with Gasteiger partial charge < -0.3 is 35.7 Å². The van der Waals surface area contributed by atoms with Crippen LogP contribution in [0.2, 0.25) is 0 Å². The lowest BCUT2D eigenvalue weighted by Gasteiger charge is -2.33. The number of benzene rings is 4. The average molecular weight is 797 g/mol. The molecule has 0 saturated carbocycles. The molecule has 2 aromatic heterocycles. The number of ketones is 1. The lowest BCUT2D eigenvalue weighted by molar-refractivity contribution is -0.142. The number of piperidine rings is 1. The van der Waals surface area contributed by atoms with Gasteiger partial charge in [0.2, 0.25) is 5.56 Å². The van der Waals surface area contributed by atoms with Gasteiger partial charge in [-0.3, -0.25) is 24.3 Å². The molecule has 1 aliphatic heterocycles. The summed E-state index contributed by atoms with van der Waals surface area (Å²) in [6.07, 6.45) is 4.03. The first-order valence-electron chi connectivity index (χ1n) is 19.8. The molecule has 3 heterocycles. The van der Waals surface area contributed by atoms with E-state index in [1.54, 1.807) is 60.7 Å². The molecule has 4 aromatic carbocycles. The van der Waals surface area contributed by atoms with Gasteiger partial charge in [0.1, 0.15) is 18.1 Å². The van der Waals surface area contributed by atoms with Crippen LogP contribution >= 0.6 is 0 Å². The quantitative estimate of drug-likeness (QED) is 0.0707. The monoisotopic (exact) mass is 796 g/mol. The molecule has 13 nitrogen and oxygen atoms in total. The molecule has 0 unspecified atom stereocenters. The predicted molar refractivity (Wildman–Crippen MR) is 224 cm³/mol. The summed E-state index contributed by atoms with van der Waals surface area (Å²) in [7, 11) is 0. The van der Waals surface area contributed by atoms with E-state index >= 15 is 0 Å². The fraction of sp³-hybridized carbons (Fsp3) is 0.283. The SMILES string of the molecule is O=C(NCCCNC[C@H](O)c1ccc(O)c2[nH]c(=O)ccc12)c1cncc(-c2cccc([C@](O)(C(=O)COC3CCN(Cc4ccccc4)CC3)c3ccccc3)c2)n1. The summed E-state index contributed by atoms with van der Waals surface area (Å²) in [5, 5.41) is 39.8. The van der Waals surface area contributed by atoms with Gasteiger partial charge in [0.25, 0.3) is 5.91 Å². The Kier molecular flexibility index (Phi) is 13.3. The van der Waals surface area contributed by atoms with E-state index in [4.69, 9.17) is 4.74 Å². The fourth-order valence-corrected chi connectivity index (χ4v) is 7.46. The smallest absolute Gasteiger partial charge is 0.271 e. The second-order valence-corrected chi connectivity index (χ2v) is 14.8. The number of pyridine rings is 1. The van der Waals surface area contributed by atoms with Gasteiger partial charge in [-0.1, -0.05) is 84.9 Å². The van der Waals surface area contributed by atoms with Crippen molar-refractivity contribution >= 4 is 22.6 Å². The Bertz CT molecular complexity index is 2420. The maximum absolute atomic E-state index is 14.0. The Hall–Kier alpha value is -6.09. The molecule has 1 amide bonds. The number of aromatic nitrogens is 3. The van der Waals surface area contributed by atoms with Gasteiger partial charge in [0.15, 0.2) is 11.4 Å². The number of nitrogens with zero attached hydrogens (tertiary/aromatic N) is 3. The number of aliphatic hydroxyl groups is 2. The number of nitrogens with one attached hydrogen (secondary N) is 3. The Morgan fingerprint density at radius 2 is 1.64 bits per heavy atom. The second kappa shape index (κ2) is 19.1. The molecule has 6 N–H and O–H groups in total. The number of H-pyrrole nitrogens is 1. The van der Waals surface area contributed by atoms with Crippen LogP contribution in [-0.2, 0) is 21.7 Å². The number of phenols is 1. The van der Waals surface area contributed by atoms with Crippen molar-refractivity contribution in [2.24, 2.45) is 0 Å². The number of rotatable bonds is 17. The van der Waals surface area contributed by atoms with Crippen molar-refractivity contribution in [2.75, 3.05) is 39.3 Å². The first-order chi connectivity index (χ1) is 28.7. The average Bonchev–Trinajstić information content (AvgIpc) is 3.27. The summed E-state index contributed by atoms with van der Waals surface area (Å²) >= 11 is 0. The summed E-state index contributed by atoms with van der Waals surface area (Å²) in [4.78, 5) is 52.7. The largest absolute Gasteiger partial charge is 0.506 e. The van der Waals surface area contributed by atoms with Crippen LogP contribution in [0.25, 0.3) is 22.2 Å². The van der Waals surface area contributed by atoms with Crippen LogP contribution in [0.1, 0.15) is 58.1 Å². The van der Waals surface area contributed by atoms with Crippen LogP contribution in [-0.4, -0.2) is 92.3 Å². The molecule has 6 aromatic rings. The third-order valence-corrected chi connectivity index (χ3v) is 10.7. The van der Waals surface area contributed by atoms with Crippen LogP contribution in [0, 0.1) is 0 Å². The molecule has 2 atom stereocenters. The molecule has 0 radical (unpaired) electrons. The normalized spacial score (nSPS) is 15.1. The van der Waals surface area contributed by atoms with Crippen molar-refractivity contribution in [3.05, 3.63) is 160 Å². The van der Waals surface area contributed by atoms with Gasteiger partial charge in [-0.25, -0.2) is 4.98 Å². The number of hydrogen-bond donors (Lipinski definition) is 6. The molecule has 13 heteroatoms. The Morgan fingerprint density at radius 3 is 2.42 bits per heavy atom. The summed E-state index contributed by atoms with van der Waals surface area (Å²) < 4.78 is 6.16. The van der Waals surface area contributed by atoms with Crippen LogP contribution in [0.3, 0.4) is 0 Å². The molecule has 1 saturated heterocycles. The molecular formula is C46H48N6O7. The number of ether oxygens (including phenoxy) is 1. The Morgan fingerprint density at radius 1 is 0.898 bits per heavy atom. The molecule has 7 rings (SSSR count). The van der Waals surface area contributed by atoms with Crippen molar-refractivity contribution in [3.63, 3.8) is 0 Å². The highest BCUT2D eigenvalue weighted by molar-refractivity contribution is 5.94. The predicted octanol–water partition coefficient (Wildman–Crippen LogP) is 4.62. The van der Waals surface area contributed by atoms with E-state index in [1.807, 2.05) is 24.3 Å². The molecule has 304 valence electrons. The summed E-state index contributed by atoms with van der Waals surface area (Å²) in [5.41, 5.74) is 1.55. The van der Waals surface area contributed by atoms with E-state index in [0.717, 1.165) is 32.5 Å². The number of hydrogen-bond acceptors (Lipinski definition) is 11. The molecule has 0 aliphatic carbocycles. The number of fused-ring (bicyclic) bond motifs is 1. The van der Waals surface area contributed by atoms with Crippen molar-refractivity contribution in [1.29, 1.82) is 0 Å². The van der Waals surface area contributed by atoms with Crippen molar-refractivity contribution in [1.82, 2.24) is 30.5 Å². The third-order valence-electron chi connectivity index (χ3n) is 10.7. The number of carbonyl (C=O) groups excluding carboxylic acids is 2. The Labute approximate surface area is 341 Å². The number of Topliss-reactive ketones (excluding diaryl/α,β-unsaturated/α-hetero) is 1. The third kappa shape index (κ3) is 9.97. The first-order valence-corrected chi connectivity index (χ1v) is 19.8. The number of phenolic OH excluding ortho intramolecular Hbond substituents is 1. The molecular weight excluding hydrogens is 749 g/mol. The molecule has 1 fully saturated rings. The van der Waals surface area contributed by atoms with E-state index in [2.05, 4.69) is 42.6 Å². The van der Waals surface area contributed by atoms with E-state index in [9.17, 15) is 29.7 Å². The minimum atomic E-state index is -2.00. The molecule has 0 spiro atoms. The molecule has 59 heavy (non-hydrogen) atoms. The minimum Gasteiger partial charge on any atom is -0.506 e. The van der Waals surface area contributed by atoms with Gasteiger partial charge in [-0.15, -0.1) is 0 Å². The highest BCUT2D eigenvalue weighted by Crippen LogP contribution is 2.34. The summed E-state index contributed by atoms with van der Waals surface area (Å²) in [6.45, 7) is 3.35. The number of aromatic amines is 1. The number of aromatic hydroxyl groups is 1. The van der Waals surface area contributed by atoms with E-state index in [0.29, 0.717) is 52.8 Å². The van der Waals surface area contributed by atoms with Crippen LogP contribution in [0.5, 0.6) is 5.75 Å². The standard InChI is InChI=1S/C46H48N6O7/c53-40-17-15-36(37-16-18-43(56)51-44(37)40)41(54)28-47-21-8-22-49-45(57)39-27-48-26-38(50-39)32-11-7-14-34(25-32)46(58,33-12-5-2-6-13-33)42(55)30-59-35-19-23-52(24-20-35)29-31-9-3-1-4-10-31/h1-7,9-18,25-27,35,41,47,53-54,58H,8,19-24,28-30H2,(H,49,57)(H,51,56)/t41-,46-/m0/s1. The van der Waals surface area contributed by atoms with Crippen molar-refractivity contribution in [2.45, 2.75) is 43.6 Å². The zero-order valence-corrected chi connectivity index (χ0v) is 32.6. The lowest BCUT2D eigenvalue weighted by atomic mass is 9.82. The zero-order chi connectivity index (χ0) is 41.2. The number of amides is 1. The van der Waals surface area contributed by atoms with Gasteiger partial charge in [-0.05, 0) is 66.3 Å². The number of likely N-dealkylation sites (tertiary alicyclic amines) is 1. The number of aliphatic hydroxyl groups excluding tert-OH is 1. The van der Waals surface area contributed by atoms with E-state index in [1.165, 1.54) is 30.1 Å². The van der Waals surface area contributed by atoms with E-state index in [-0.39, 0.29) is 41.8 Å². The second-order valence-electron chi connectivity index (χ2n) is 14.8. The lowest BCUT2D eigenvalue weighted by Crippen LogP contribution is -2.42. The van der Waals surface area contributed by atoms with Crippen molar-refractivity contribution in [3.8, 4) is 17.0 Å². The molecule has 1 aliphatic rings. The van der Waals surface area contributed by atoms with E-state index < -0.39 is 23.4 Å². The minimum absolute atomic E-state index is 0.0778. The zero-order valence-electron chi connectivity index (χ0n) is 32.6. The van der Waals surface area contributed by atoms with Gasteiger partial charge in [0.05, 0.1) is 35.8 Å². The number of carbonyl (C=O) groups is 2. The molecule has 0 bridgehead atoms. The van der Waals surface area contributed by atoms with Crippen LogP contribution in [0.4, 0.5) is 0 Å². The summed E-state index contributed by atoms with van der Waals surface area (Å²) in [5.74, 6) is -0.979. The summed E-state index contributed by atoms with van der Waals surface area (Å²) in [6, 6.07) is 32.0. The van der Waals surface area contributed by atoms with Crippen molar-refractivity contribution < 1.29 is 29.6 Å². The highest BCUT2D eigenvalue weighted by Gasteiger charge is 2.40. The van der Waals surface area contributed by atoms with Gasteiger partial charge in [0, 0.05) is 49.7 Å². The Balaban J connectivity index is 0.940. The van der Waals surface area contributed by atoms with Gasteiger partial charge in [-0.2, -0.15) is 0 Å². The fourth-order valence-electron chi connectivity index (χ4n) is 7.46. The maximum Gasteiger partial charge on any atom is 0.271 e. The topological polar surface area (TPSA) is 190 Å². The van der Waals surface area contributed by atoms with Gasteiger partial charge >= 0.3 is 0 Å². The maximum atomic E-state index is 14.0. The first kappa shape index (κ1) is 41.1. The van der Waals surface area contributed by atoms with Crippen LogP contribution in [0.15, 0.2) is 126 Å². The van der Waals surface area contributed by atoms with Crippen LogP contribution < -0.4 is 16.2 Å². The highest BCUT2D eigenvalue weighted by atomic mass is 16.5.